The number of morpholine rings is 1. The second-order valence-corrected chi connectivity index (χ2v) is 8.78. The van der Waals surface area contributed by atoms with Crippen molar-refractivity contribution >= 4 is 23.5 Å². The van der Waals surface area contributed by atoms with E-state index in [1.807, 2.05) is 31.2 Å². The Hall–Kier alpha value is -2.16. The van der Waals surface area contributed by atoms with Crippen molar-refractivity contribution in [2.75, 3.05) is 58.4 Å². The Bertz CT molecular complexity index is 869. The highest BCUT2D eigenvalue weighted by atomic mass is 32.2. The number of thioether (sulfide) groups is 1. The minimum atomic E-state index is -0.0277. The molecule has 1 aromatic heterocycles. The maximum atomic E-state index is 12.4. The van der Waals surface area contributed by atoms with Crippen molar-refractivity contribution in [3.05, 3.63) is 46.6 Å². The van der Waals surface area contributed by atoms with Gasteiger partial charge in [0, 0.05) is 35.7 Å². The number of nitrogens with one attached hydrogen (secondary N) is 2. The number of anilines is 1. The molecular formula is C22H32N5O2S+. The fourth-order valence-corrected chi connectivity index (χ4v) is 4.04. The zero-order valence-electron chi connectivity index (χ0n) is 18.3. The van der Waals surface area contributed by atoms with Gasteiger partial charge in [0.15, 0.2) is 5.16 Å². The van der Waals surface area contributed by atoms with Crippen molar-refractivity contribution in [2.24, 2.45) is 0 Å². The normalized spacial score (nSPS) is 14.2. The molecule has 8 heteroatoms. The molecule has 1 aromatic carbocycles. The molecule has 3 rings (SSSR count). The van der Waals surface area contributed by atoms with Crippen LogP contribution in [0.15, 0.2) is 29.4 Å². The van der Waals surface area contributed by atoms with Crippen LogP contribution in [0, 0.1) is 13.8 Å². The lowest BCUT2D eigenvalue weighted by Crippen LogP contribution is -3.06. The molecule has 1 aliphatic rings. The first-order chi connectivity index (χ1) is 14.4. The molecular weight excluding hydrogens is 398 g/mol. The molecule has 1 saturated heterocycles. The Morgan fingerprint density at radius 2 is 2.00 bits per heavy atom. The fourth-order valence-electron chi connectivity index (χ4n) is 3.21. The van der Waals surface area contributed by atoms with Gasteiger partial charge >= 0.3 is 0 Å². The third-order valence-electron chi connectivity index (χ3n) is 5.12. The SMILES string of the molecule is Cc1nc(SCc2cccc(C(=O)NCC[NH+](C)C)c2)nc(N2CCOCC2)c1C. The number of benzene rings is 1. The Balaban J connectivity index is 1.65. The van der Waals surface area contributed by atoms with Gasteiger partial charge in [0.25, 0.3) is 5.91 Å². The average molecular weight is 431 g/mol. The van der Waals surface area contributed by atoms with E-state index >= 15 is 0 Å². The quantitative estimate of drug-likeness (QED) is 0.483. The van der Waals surface area contributed by atoms with E-state index in [1.165, 1.54) is 4.90 Å². The van der Waals surface area contributed by atoms with E-state index in [1.54, 1.807) is 11.8 Å². The van der Waals surface area contributed by atoms with Crippen LogP contribution in [0.4, 0.5) is 5.82 Å². The molecule has 30 heavy (non-hydrogen) atoms. The first-order valence-corrected chi connectivity index (χ1v) is 11.4. The number of carbonyl (C=O) groups is 1. The van der Waals surface area contributed by atoms with Crippen molar-refractivity contribution in [3.8, 4) is 0 Å². The largest absolute Gasteiger partial charge is 0.378 e. The Morgan fingerprint density at radius 3 is 2.73 bits per heavy atom. The van der Waals surface area contributed by atoms with Crippen LogP contribution in [0.5, 0.6) is 0 Å². The van der Waals surface area contributed by atoms with Gasteiger partial charge in [-0.1, -0.05) is 23.9 Å². The summed E-state index contributed by atoms with van der Waals surface area (Å²) in [4.78, 5) is 25.5. The van der Waals surface area contributed by atoms with Gasteiger partial charge in [-0.15, -0.1) is 0 Å². The highest BCUT2D eigenvalue weighted by Crippen LogP contribution is 2.26. The molecule has 2 heterocycles. The minimum absolute atomic E-state index is 0.0277. The molecule has 1 aliphatic heterocycles. The van der Waals surface area contributed by atoms with Crippen LogP contribution in [0.1, 0.15) is 27.2 Å². The number of rotatable bonds is 8. The van der Waals surface area contributed by atoms with Crippen LogP contribution >= 0.6 is 11.8 Å². The third kappa shape index (κ3) is 6.17. The molecule has 0 spiro atoms. The van der Waals surface area contributed by atoms with E-state index in [0.29, 0.717) is 17.9 Å². The standard InChI is InChI=1S/C22H31N5O2S/c1-16-17(2)24-22(25-20(16)27-10-12-29-13-11-27)30-15-18-6-5-7-19(14-18)21(28)23-8-9-26(3)4/h5-7,14H,8-13,15H2,1-4H3,(H,23,28)/p+1. The van der Waals surface area contributed by atoms with Gasteiger partial charge in [0.05, 0.1) is 40.4 Å². The zero-order chi connectivity index (χ0) is 21.5. The number of likely N-dealkylation sites (N-methyl/N-ethyl adjacent to an activating group) is 1. The molecule has 0 atom stereocenters. The molecule has 0 unspecified atom stereocenters. The van der Waals surface area contributed by atoms with Gasteiger partial charge < -0.3 is 19.9 Å². The molecule has 0 saturated carbocycles. The number of hydrogen-bond acceptors (Lipinski definition) is 6. The lowest BCUT2D eigenvalue weighted by atomic mass is 10.1. The summed E-state index contributed by atoms with van der Waals surface area (Å²) in [5.74, 6) is 1.69. The maximum absolute atomic E-state index is 12.4. The van der Waals surface area contributed by atoms with Crippen LogP contribution in [0.25, 0.3) is 0 Å². The summed E-state index contributed by atoms with van der Waals surface area (Å²) in [6.45, 7) is 8.85. The van der Waals surface area contributed by atoms with Crippen LogP contribution in [0.3, 0.4) is 0 Å². The van der Waals surface area contributed by atoms with Gasteiger partial charge in [-0.2, -0.15) is 0 Å². The van der Waals surface area contributed by atoms with E-state index in [-0.39, 0.29) is 5.91 Å². The Kier molecular flexibility index (Phi) is 8.07. The smallest absolute Gasteiger partial charge is 0.251 e. The van der Waals surface area contributed by atoms with Crippen LogP contribution in [0.2, 0.25) is 0 Å². The van der Waals surface area contributed by atoms with Crippen molar-refractivity contribution in [2.45, 2.75) is 24.8 Å². The number of carbonyl (C=O) groups excluding carboxylic acids is 1. The van der Waals surface area contributed by atoms with Crippen LogP contribution in [-0.4, -0.2) is 69.4 Å². The first kappa shape index (κ1) is 22.5. The summed E-state index contributed by atoms with van der Waals surface area (Å²) in [6.07, 6.45) is 0. The Morgan fingerprint density at radius 1 is 1.23 bits per heavy atom. The number of quaternary nitrogens is 1. The summed E-state index contributed by atoms with van der Waals surface area (Å²) in [5, 5.41) is 3.75. The lowest BCUT2D eigenvalue weighted by Gasteiger charge is -2.29. The summed E-state index contributed by atoms with van der Waals surface area (Å²) < 4.78 is 5.47. The fraction of sp³-hybridized carbons (Fsp3) is 0.500. The van der Waals surface area contributed by atoms with E-state index in [0.717, 1.165) is 60.6 Å². The number of nitrogens with zero attached hydrogens (tertiary/aromatic N) is 3. The number of amides is 1. The monoisotopic (exact) mass is 430 g/mol. The average Bonchev–Trinajstić information content (AvgIpc) is 2.75. The van der Waals surface area contributed by atoms with Crippen molar-refractivity contribution in [1.29, 1.82) is 0 Å². The molecule has 2 aromatic rings. The second-order valence-electron chi connectivity index (χ2n) is 7.84. The van der Waals surface area contributed by atoms with Gasteiger partial charge in [-0.3, -0.25) is 4.79 Å². The number of aryl methyl sites for hydroxylation is 1. The molecule has 0 bridgehead atoms. The van der Waals surface area contributed by atoms with E-state index in [4.69, 9.17) is 9.72 Å². The zero-order valence-corrected chi connectivity index (χ0v) is 19.1. The predicted molar refractivity (Wildman–Crippen MR) is 121 cm³/mol. The van der Waals surface area contributed by atoms with Gasteiger partial charge in [-0.25, -0.2) is 9.97 Å². The maximum Gasteiger partial charge on any atom is 0.251 e. The van der Waals surface area contributed by atoms with Crippen molar-refractivity contribution < 1.29 is 14.4 Å². The van der Waals surface area contributed by atoms with Gasteiger partial charge in [-0.05, 0) is 31.5 Å². The molecule has 7 nitrogen and oxygen atoms in total. The summed E-state index contributed by atoms with van der Waals surface area (Å²) in [7, 11) is 4.15. The number of aromatic nitrogens is 2. The first-order valence-electron chi connectivity index (χ1n) is 10.4. The summed E-state index contributed by atoms with van der Waals surface area (Å²) in [5.41, 5.74) is 3.90. The predicted octanol–water partition coefficient (Wildman–Crippen LogP) is 1.10. The van der Waals surface area contributed by atoms with Gasteiger partial charge in [0.2, 0.25) is 0 Å². The topological polar surface area (TPSA) is 71.8 Å². The van der Waals surface area contributed by atoms with Crippen molar-refractivity contribution in [3.63, 3.8) is 0 Å². The summed E-state index contributed by atoms with van der Waals surface area (Å²) >= 11 is 1.60. The third-order valence-corrected chi connectivity index (χ3v) is 6.04. The molecule has 0 radical (unpaired) electrons. The molecule has 0 aliphatic carbocycles. The number of ether oxygens (including phenoxy) is 1. The highest BCUT2D eigenvalue weighted by Gasteiger charge is 2.18. The van der Waals surface area contributed by atoms with E-state index in [2.05, 4.69) is 36.2 Å². The van der Waals surface area contributed by atoms with Crippen LogP contribution in [-0.2, 0) is 10.5 Å². The number of hydrogen-bond donors (Lipinski definition) is 2. The second kappa shape index (κ2) is 10.7. The van der Waals surface area contributed by atoms with Gasteiger partial charge in [0.1, 0.15) is 5.82 Å². The minimum Gasteiger partial charge on any atom is -0.378 e. The van der Waals surface area contributed by atoms with Crippen molar-refractivity contribution in [1.82, 2.24) is 15.3 Å². The van der Waals surface area contributed by atoms with E-state index in [9.17, 15) is 4.79 Å². The molecule has 162 valence electrons. The lowest BCUT2D eigenvalue weighted by molar-refractivity contribution is -0.856. The van der Waals surface area contributed by atoms with Crippen LogP contribution < -0.4 is 15.1 Å². The molecule has 1 amide bonds. The molecule has 2 N–H and O–H groups in total. The highest BCUT2D eigenvalue weighted by molar-refractivity contribution is 7.98. The molecule has 1 fully saturated rings. The summed E-state index contributed by atoms with van der Waals surface area (Å²) in [6, 6.07) is 7.78. The van der Waals surface area contributed by atoms with E-state index < -0.39 is 0 Å². The Labute approximate surface area is 183 Å².